The summed E-state index contributed by atoms with van der Waals surface area (Å²) in [5.41, 5.74) is 2.91. The van der Waals surface area contributed by atoms with Gasteiger partial charge in [-0.1, -0.05) is 5.21 Å². The largest absolute Gasteiger partial charge is 0.368 e. The molecule has 0 saturated heterocycles. The summed E-state index contributed by atoms with van der Waals surface area (Å²) in [4.78, 5) is 13.3. The molecule has 0 aromatic carbocycles. The van der Waals surface area contributed by atoms with Crippen molar-refractivity contribution in [3.8, 4) is 11.4 Å². The molecule has 0 radical (unpaired) electrons. The molecule has 0 aliphatic rings. The van der Waals surface area contributed by atoms with Crippen LogP contribution < -0.4 is 5.32 Å². The number of pyridine rings is 1. The van der Waals surface area contributed by atoms with Gasteiger partial charge in [0.1, 0.15) is 5.82 Å². The number of aryl methyl sites for hydroxylation is 1. The topological polar surface area (TPSA) is 81.4 Å². The van der Waals surface area contributed by atoms with Crippen LogP contribution in [-0.4, -0.2) is 36.5 Å². The number of aromatic nitrogens is 6. The Bertz CT molecular complexity index is 738. The normalized spacial score (nSPS) is 10.6. The molecule has 3 aromatic heterocycles. The van der Waals surface area contributed by atoms with Gasteiger partial charge in [-0.15, -0.1) is 5.10 Å². The molecule has 7 heteroatoms. The van der Waals surface area contributed by atoms with E-state index in [0.717, 1.165) is 29.2 Å². The molecule has 0 saturated carbocycles. The maximum Gasteiger partial charge on any atom is 0.163 e. The highest BCUT2D eigenvalue weighted by molar-refractivity contribution is 5.58. The number of anilines is 1. The molecule has 0 atom stereocenters. The van der Waals surface area contributed by atoms with Crippen LogP contribution in [0.15, 0.2) is 36.9 Å². The van der Waals surface area contributed by atoms with Crippen molar-refractivity contribution in [1.82, 2.24) is 29.9 Å². The summed E-state index contributed by atoms with van der Waals surface area (Å²) in [7, 11) is 0. The molecule has 112 valence electrons. The van der Waals surface area contributed by atoms with E-state index in [2.05, 4.69) is 30.6 Å². The first-order chi connectivity index (χ1) is 10.7. The molecule has 0 bridgehead atoms. The van der Waals surface area contributed by atoms with Gasteiger partial charge in [0.2, 0.25) is 0 Å². The van der Waals surface area contributed by atoms with E-state index in [9.17, 15) is 0 Å². The number of rotatable bonds is 5. The van der Waals surface area contributed by atoms with Crippen molar-refractivity contribution in [1.29, 1.82) is 0 Å². The third-order valence-corrected chi connectivity index (χ3v) is 3.41. The number of hydrogen-bond acceptors (Lipinski definition) is 6. The zero-order valence-corrected chi connectivity index (χ0v) is 12.6. The molecule has 22 heavy (non-hydrogen) atoms. The Kier molecular flexibility index (Phi) is 4.04. The van der Waals surface area contributed by atoms with E-state index in [4.69, 9.17) is 0 Å². The van der Waals surface area contributed by atoms with Crippen LogP contribution in [0.25, 0.3) is 11.4 Å². The lowest BCUT2D eigenvalue weighted by molar-refractivity contribution is 0.608. The Morgan fingerprint density at radius 2 is 2.09 bits per heavy atom. The summed E-state index contributed by atoms with van der Waals surface area (Å²) in [6.07, 6.45) is 7.01. The summed E-state index contributed by atoms with van der Waals surface area (Å²) in [6, 6.07) is 3.84. The van der Waals surface area contributed by atoms with Gasteiger partial charge in [0.25, 0.3) is 0 Å². The second-order valence-corrected chi connectivity index (χ2v) is 4.94. The van der Waals surface area contributed by atoms with Crippen LogP contribution >= 0.6 is 0 Å². The first kappa shape index (κ1) is 14.1. The van der Waals surface area contributed by atoms with Gasteiger partial charge in [-0.05, 0) is 26.0 Å². The van der Waals surface area contributed by atoms with Crippen molar-refractivity contribution in [3.63, 3.8) is 0 Å². The quantitative estimate of drug-likeness (QED) is 0.773. The van der Waals surface area contributed by atoms with Crippen molar-refractivity contribution >= 4 is 5.82 Å². The maximum atomic E-state index is 4.61. The van der Waals surface area contributed by atoms with Crippen LogP contribution in [0.5, 0.6) is 0 Å². The highest BCUT2D eigenvalue weighted by Gasteiger charge is 2.09. The number of hydrogen-bond donors (Lipinski definition) is 1. The minimum Gasteiger partial charge on any atom is -0.368 e. The monoisotopic (exact) mass is 295 g/mol. The maximum absolute atomic E-state index is 4.61. The third kappa shape index (κ3) is 3.08. The van der Waals surface area contributed by atoms with E-state index in [-0.39, 0.29) is 0 Å². The molecule has 3 heterocycles. The second kappa shape index (κ2) is 6.30. The second-order valence-electron chi connectivity index (χ2n) is 4.94. The number of nitrogens with one attached hydrogen (secondary N) is 1. The van der Waals surface area contributed by atoms with E-state index in [1.165, 1.54) is 0 Å². The zero-order chi connectivity index (χ0) is 15.4. The van der Waals surface area contributed by atoms with Gasteiger partial charge in [-0.25, -0.2) is 9.97 Å². The lowest BCUT2D eigenvalue weighted by atomic mass is 10.2. The van der Waals surface area contributed by atoms with Crippen molar-refractivity contribution < 1.29 is 0 Å². The van der Waals surface area contributed by atoms with E-state index in [0.29, 0.717) is 12.4 Å². The molecule has 0 amide bonds. The van der Waals surface area contributed by atoms with Gasteiger partial charge in [0.15, 0.2) is 5.82 Å². The molecule has 0 fully saturated rings. The Morgan fingerprint density at radius 1 is 1.18 bits per heavy atom. The molecule has 1 N–H and O–H groups in total. The lowest BCUT2D eigenvalue weighted by Gasteiger charge is -2.12. The van der Waals surface area contributed by atoms with Crippen LogP contribution in [-0.2, 0) is 6.54 Å². The average Bonchev–Trinajstić information content (AvgIpc) is 3.05. The van der Waals surface area contributed by atoms with Gasteiger partial charge in [-0.2, -0.15) is 0 Å². The molecule has 7 nitrogen and oxygen atoms in total. The summed E-state index contributed by atoms with van der Waals surface area (Å²) in [6.45, 7) is 5.44. The SMILES string of the molecule is Cc1nc(-c2cccnc2)nc(NCCn2ccnn2)c1C. The van der Waals surface area contributed by atoms with E-state index in [1.54, 1.807) is 23.3 Å². The molecule has 0 spiro atoms. The third-order valence-electron chi connectivity index (χ3n) is 3.41. The van der Waals surface area contributed by atoms with Crippen LogP contribution in [0.2, 0.25) is 0 Å². The van der Waals surface area contributed by atoms with Crippen molar-refractivity contribution in [2.24, 2.45) is 0 Å². The molecule has 0 aliphatic carbocycles. The average molecular weight is 295 g/mol. The minimum atomic E-state index is 0.680. The predicted molar refractivity (Wildman–Crippen MR) is 83.2 cm³/mol. The zero-order valence-electron chi connectivity index (χ0n) is 12.6. The van der Waals surface area contributed by atoms with Crippen LogP contribution in [0.1, 0.15) is 11.3 Å². The molecule has 0 unspecified atom stereocenters. The minimum absolute atomic E-state index is 0.680. The summed E-state index contributed by atoms with van der Waals surface area (Å²) >= 11 is 0. The van der Waals surface area contributed by atoms with E-state index >= 15 is 0 Å². The van der Waals surface area contributed by atoms with Gasteiger partial charge < -0.3 is 5.32 Å². The Morgan fingerprint density at radius 3 is 2.82 bits per heavy atom. The highest BCUT2D eigenvalue weighted by Crippen LogP contribution is 2.20. The van der Waals surface area contributed by atoms with E-state index < -0.39 is 0 Å². The molecule has 3 aromatic rings. The molecular weight excluding hydrogens is 278 g/mol. The Hall–Kier alpha value is -2.83. The smallest absolute Gasteiger partial charge is 0.163 e. The van der Waals surface area contributed by atoms with Crippen LogP contribution in [0.4, 0.5) is 5.82 Å². The van der Waals surface area contributed by atoms with Gasteiger partial charge >= 0.3 is 0 Å². The summed E-state index contributed by atoms with van der Waals surface area (Å²) in [5, 5.41) is 11.1. The Balaban J connectivity index is 1.79. The predicted octanol–water partition coefficient (Wildman–Crippen LogP) is 1.86. The first-order valence-electron chi connectivity index (χ1n) is 7.07. The van der Waals surface area contributed by atoms with Crippen LogP contribution in [0.3, 0.4) is 0 Å². The fraction of sp³-hybridized carbons (Fsp3) is 0.267. The Labute approximate surface area is 128 Å². The van der Waals surface area contributed by atoms with Crippen molar-refractivity contribution in [2.45, 2.75) is 20.4 Å². The van der Waals surface area contributed by atoms with Crippen molar-refractivity contribution in [3.05, 3.63) is 48.2 Å². The van der Waals surface area contributed by atoms with Gasteiger partial charge in [-0.3, -0.25) is 9.67 Å². The first-order valence-corrected chi connectivity index (χ1v) is 7.07. The fourth-order valence-corrected chi connectivity index (χ4v) is 2.07. The lowest BCUT2D eigenvalue weighted by Crippen LogP contribution is -2.14. The molecule has 3 rings (SSSR count). The summed E-state index contributed by atoms with van der Waals surface area (Å²) < 4.78 is 1.78. The molecular formula is C15H17N7. The van der Waals surface area contributed by atoms with E-state index in [1.807, 2.05) is 32.2 Å². The standard InChI is InChI=1S/C15H17N7/c1-11-12(2)19-15(13-4-3-5-16-10-13)20-14(11)17-6-8-22-9-7-18-21-22/h3-5,7,9-10H,6,8H2,1-2H3,(H,17,19,20). The van der Waals surface area contributed by atoms with Crippen LogP contribution in [0, 0.1) is 13.8 Å². The van der Waals surface area contributed by atoms with Gasteiger partial charge in [0, 0.05) is 42.0 Å². The summed E-state index contributed by atoms with van der Waals surface area (Å²) in [5.74, 6) is 1.52. The van der Waals surface area contributed by atoms with Crippen molar-refractivity contribution in [2.75, 3.05) is 11.9 Å². The fourth-order valence-electron chi connectivity index (χ4n) is 2.07. The van der Waals surface area contributed by atoms with Gasteiger partial charge in [0.05, 0.1) is 12.7 Å². The number of nitrogens with zero attached hydrogens (tertiary/aromatic N) is 6. The highest BCUT2D eigenvalue weighted by atomic mass is 15.4. The molecule has 0 aliphatic heterocycles.